The van der Waals surface area contributed by atoms with E-state index in [1.807, 2.05) is 41.1 Å². The second-order valence-electron chi connectivity index (χ2n) is 11.9. The predicted molar refractivity (Wildman–Crippen MR) is 172 cm³/mol. The molecule has 3 aromatic rings. The number of oxime groups is 1. The van der Waals surface area contributed by atoms with Gasteiger partial charge in [0.05, 0.1) is 17.3 Å². The molecule has 2 atom stereocenters. The predicted octanol–water partition coefficient (Wildman–Crippen LogP) is 6.49. The maximum atomic E-state index is 14.8. The normalized spacial score (nSPS) is 20.3. The highest BCUT2D eigenvalue weighted by Crippen LogP contribution is 2.33. The minimum absolute atomic E-state index is 0.174. The van der Waals surface area contributed by atoms with Gasteiger partial charge in [-0.3, -0.25) is 4.79 Å². The molecule has 0 spiro atoms. The maximum absolute atomic E-state index is 14.8. The number of rotatable bonds is 9. The van der Waals surface area contributed by atoms with Gasteiger partial charge in [0.15, 0.2) is 0 Å². The van der Waals surface area contributed by atoms with Gasteiger partial charge in [-0.2, -0.15) is 13.2 Å². The van der Waals surface area contributed by atoms with Gasteiger partial charge in [-0.15, -0.1) is 0 Å². The third kappa shape index (κ3) is 9.66. The molecule has 0 radical (unpaired) electrons. The molecule has 2 unspecified atom stereocenters. The summed E-state index contributed by atoms with van der Waals surface area (Å²) >= 11 is 0. The highest BCUT2D eigenvalue weighted by atomic mass is 19.4. The number of benzene rings is 2. The van der Waals surface area contributed by atoms with Gasteiger partial charge < -0.3 is 30.3 Å². The van der Waals surface area contributed by atoms with Crippen LogP contribution < -0.4 is 16.0 Å². The molecule has 1 amide bonds. The summed E-state index contributed by atoms with van der Waals surface area (Å²) in [6.07, 6.45) is -4.83. The van der Waals surface area contributed by atoms with Crippen LogP contribution in [-0.2, 0) is 22.6 Å². The first-order chi connectivity index (χ1) is 22.2. The fourth-order valence-electron chi connectivity index (χ4n) is 5.84. The Morgan fingerprint density at radius 3 is 2.43 bits per heavy atom. The van der Waals surface area contributed by atoms with E-state index < -0.39 is 30.9 Å². The third-order valence-electron chi connectivity index (χ3n) is 8.25. The average Bonchev–Trinajstić information content (AvgIpc) is 3.36. The number of alkyl halides is 6. The third-order valence-corrected chi connectivity index (χ3v) is 8.25. The molecular formula is C33H40F6N6O2. The summed E-state index contributed by atoms with van der Waals surface area (Å²) in [5.41, 5.74) is 7.22. The lowest BCUT2D eigenvalue weighted by atomic mass is 10.0. The maximum Gasteiger partial charge on any atom is 0.406 e. The van der Waals surface area contributed by atoms with Crippen LogP contribution in [0.15, 0.2) is 66.0 Å². The molecule has 3 N–H and O–H groups in total. The molecule has 256 valence electrons. The smallest absolute Gasteiger partial charge is 0.379 e. The Kier molecular flexibility index (Phi) is 11.5. The molecule has 14 heteroatoms. The van der Waals surface area contributed by atoms with Crippen molar-refractivity contribution >= 4 is 34.4 Å². The van der Waals surface area contributed by atoms with Crippen molar-refractivity contribution < 1.29 is 36.0 Å². The van der Waals surface area contributed by atoms with Crippen LogP contribution in [0.5, 0.6) is 0 Å². The Balaban J connectivity index is 0.00000160. The number of primary amides is 1. The van der Waals surface area contributed by atoms with Crippen molar-refractivity contribution in [2.75, 3.05) is 43.4 Å². The quantitative estimate of drug-likeness (QED) is 0.0897. The number of hydrogen-bond donors (Lipinski definition) is 2. The van der Waals surface area contributed by atoms with E-state index in [1.165, 1.54) is 0 Å². The number of hydrogen-bond acceptors (Lipinski definition) is 6. The molecule has 0 saturated carbocycles. The van der Waals surface area contributed by atoms with Gasteiger partial charge in [0.25, 0.3) is 5.92 Å². The van der Waals surface area contributed by atoms with Crippen LogP contribution in [0.1, 0.15) is 37.4 Å². The van der Waals surface area contributed by atoms with Crippen LogP contribution in [0, 0.1) is 0 Å². The molecule has 47 heavy (non-hydrogen) atoms. The Morgan fingerprint density at radius 1 is 1.15 bits per heavy atom. The van der Waals surface area contributed by atoms with E-state index in [-0.39, 0.29) is 56.1 Å². The standard InChI is InChI=1S/C32H37F6N5O.CH3NO/c1-21(17-23-7-9-24(10-8-23)42-15-12-31(34,35)13-16-42)44-40-22(2)30-18-25-27(39-28-11-14-41(3)19-26(28)33)5-4-6-29(25)43(30)20-32(36,37)38;2-1-3/h4-10,18,26,28,39H,1,11-17,19-20H2,2-3H3;1H,(H2,2,3)/b40-22+;. The molecule has 2 aromatic carbocycles. The lowest BCUT2D eigenvalue weighted by Crippen LogP contribution is -2.46. The van der Waals surface area contributed by atoms with Gasteiger partial charge in [-0.05, 0) is 56.3 Å². The number of likely N-dealkylation sites (tertiary alicyclic amines) is 1. The molecule has 5 rings (SSSR count). The number of nitrogens with two attached hydrogens (primary N) is 1. The Labute approximate surface area is 269 Å². The molecule has 8 nitrogen and oxygen atoms in total. The number of anilines is 2. The summed E-state index contributed by atoms with van der Waals surface area (Å²) in [5, 5.41) is 7.87. The molecule has 1 aromatic heterocycles. The van der Waals surface area contributed by atoms with Crippen LogP contribution in [0.25, 0.3) is 10.9 Å². The van der Waals surface area contributed by atoms with Crippen LogP contribution in [-0.4, -0.2) is 79.1 Å². The fourth-order valence-corrected chi connectivity index (χ4v) is 5.84. The number of allylic oxidation sites excluding steroid dienone is 1. The molecule has 2 fully saturated rings. The summed E-state index contributed by atoms with van der Waals surface area (Å²) < 4.78 is 83.9. The summed E-state index contributed by atoms with van der Waals surface area (Å²) in [4.78, 5) is 17.9. The van der Waals surface area contributed by atoms with Gasteiger partial charge in [0.1, 0.15) is 24.2 Å². The zero-order valence-corrected chi connectivity index (χ0v) is 26.4. The first kappa shape index (κ1) is 35.7. The molecule has 0 bridgehead atoms. The molecule has 2 aliphatic rings. The van der Waals surface area contributed by atoms with Gasteiger partial charge in [0, 0.05) is 62.2 Å². The van der Waals surface area contributed by atoms with Crippen molar-refractivity contribution in [2.45, 2.75) is 63.5 Å². The van der Waals surface area contributed by atoms with Crippen molar-refractivity contribution in [1.29, 1.82) is 0 Å². The summed E-state index contributed by atoms with van der Waals surface area (Å²) in [7, 11) is 1.85. The summed E-state index contributed by atoms with van der Waals surface area (Å²) in [6, 6.07) is 13.6. The van der Waals surface area contributed by atoms with Crippen molar-refractivity contribution in [3.8, 4) is 0 Å². The summed E-state index contributed by atoms with van der Waals surface area (Å²) in [5.74, 6) is -2.33. The van der Waals surface area contributed by atoms with Crippen molar-refractivity contribution in [1.82, 2.24) is 9.47 Å². The van der Waals surface area contributed by atoms with Crippen LogP contribution in [0.2, 0.25) is 0 Å². The van der Waals surface area contributed by atoms with Gasteiger partial charge in [-0.25, -0.2) is 13.2 Å². The average molecular weight is 667 g/mol. The zero-order valence-electron chi connectivity index (χ0n) is 26.4. The number of fused-ring (bicyclic) bond motifs is 1. The Hall–Kier alpha value is -4.20. The number of piperidine rings is 2. The largest absolute Gasteiger partial charge is 0.406 e. The zero-order chi connectivity index (χ0) is 34.4. The van der Waals surface area contributed by atoms with Crippen molar-refractivity contribution in [3.05, 3.63) is 72.1 Å². The van der Waals surface area contributed by atoms with Crippen LogP contribution >= 0.6 is 0 Å². The van der Waals surface area contributed by atoms with Crippen molar-refractivity contribution in [3.63, 3.8) is 0 Å². The van der Waals surface area contributed by atoms with E-state index >= 15 is 0 Å². The lowest BCUT2D eigenvalue weighted by Gasteiger charge is -2.33. The number of aromatic nitrogens is 1. The second-order valence-corrected chi connectivity index (χ2v) is 11.9. The first-order valence-corrected chi connectivity index (χ1v) is 15.2. The van der Waals surface area contributed by atoms with E-state index in [1.54, 1.807) is 31.2 Å². The second kappa shape index (κ2) is 15.1. The molecule has 0 aliphatic carbocycles. The first-order valence-electron chi connectivity index (χ1n) is 15.2. The number of nitrogens with one attached hydrogen (secondary N) is 1. The SMILES string of the molecule is C=C(Cc1ccc(N2CCC(F)(F)CC2)cc1)O/N=C(\C)c1cc2c(NC3CCN(C)CC3F)cccc2n1CC(F)(F)F.NC=O. The van der Waals surface area contributed by atoms with Gasteiger partial charge >= 0.3 is 6.18 Å². The Morgan fingerprint density at radius 2 is 1.81 bits per heavy atom. The van der Waals surface area contributed by atoms with E-state index in [0.29, 0.717) is 36.0 Å². The molecular weight excluding hydrogens is 626 g/mol. The van der Waals surface area contributed by atoms with Crippen LogP contribution in [0.4, 0.5) is 37.7 Å². The minimum atomic E-state index is -4.49. The minimum Gasteiger partial charge on any atom is -0.379 e. The van der Waals surface area contributed by atoms with E-state index in [9.17, 15) is 26.3 Å². The van der Waals surface area contributed by atoms with Gasteiger partial charge in [0.2, 0.25) is 6.41 Å². The summed E-state index contributed by atoms with van der Waals surface area (Å²) in [6.45, 7) is 5.80. The van der Waals surface area contributed by atoms with E-state index in [2.05, 4.69) is 22.8 Å². The van der Waals surface area contributed by atoms with Crippen molar-refractivity contribution in [2.24, 2.45) is 10.9 Å². The van der Waals surface area contributed by atoms with E-state index in [0.717, 1.165) is 15.8 Å². The van der Waals surface area contributed by atoms with Crippen LogP contribution in [0.3, 0.4) is 0 Å². The number of nitrogens with zero attached hydrogens (tertiary/aromatic N) is 4. The molecule has 3 heterocycles. The monoisotopic (exact) mass is 666 g/mol. The highest BCUT2D eigenvalue weighted by Gasteiger charge is 2.34. The van der Waals surface area contributed by atoms with E-state index in [4.69, 9.17) is 9.63 Å². The molecule has 2 saturated heterocycles. The molecule has 2 aliphatic heterocycles. The number of carbonyl (C=O) groups excluding carboxylic acids is 1. The van der Waals surface area contributed by atoms with Gasteiger partial charge in [-0.1, -0.05) is 29.9 Å². The number of carbonyl (C=O) groups is 1. The number of halogens is 6. The fraction of sp³-hybridized carbons (Fsp3) is 0.455. The number of amides is 1. The highest BCUT2D eigenvalue weighted by molar-refractivity contribution is 6.04. The topological polar surface area (TPSA) is 88.1 Å². The Bertz CT molecular complexity index is 1550. The lowest BCUT2D eigenvalue weighted by molar-refractivity contribution is -0.140.